The van der Waals surface area contributed by atoms with E-state index in [1.54, 1.807) is 25.1 Å². The lowest BCUT2D eigenvalue weighted by molar-refractivity contribution is 0.370. The fourth-order valence-electron chi connectivity index (χ4n) is 1.79. The molecule has 2 rings (SSSR count). The van der Waals surface area contributed by atoms with Crippen LogP contribution in [0.1, 0.15) is 18.1 Å². The van der Waals surface area contributed by atoms with E-state index in [-0.39, 0.29) is 11.5 Å². The van der Waals surface area contributed by atoms with Gasteiger partial charge in [-0.3, -0.25) is 0 Å². The zero-order valence-electron chi connectivity index (χ0n) is 12.8. The molecule has 4 heteroatoms. The molecule has 0 atom stereocenters. The highest BCUT2D eigenvalue weighted by atomic mass is 32.2. The smallest absolute Gasteiger partial charge is 0.199 e. The van der Waals surface area contributed by atoms with E-state index in [1.165, 1.54) is 17.5 Å². The van der Waals surface area contributed by atoms with Gasteiger partial charge in [-0.15, -0.1) is 5.92 Å². The summed E-state index contributed by atoms with van der Waals surface area (Å²) in [5.74, 6) is 6.09. The molecule has 2 aromatic rings. The van der Waals surface area contributed by atoms with Crippen molar-refractivity contribution in [1.82, 2.24) is 0 Å². The Morgan fingerprint density at radius 2 is 1.74 bits per heavy atom. The summed E-state index contributed by atoms with van der Waals surface area (Å²) in [6, 6.07) is 13.6. The van der Waals surface area contributed by atoms with Crippen molar-refractivity contribution < 1.29 is 13.2 Å². The van der Waals surface area contributed by atoms with Crippen LogP contribution in [-0.2, 0) is 9.84 Å². The fraction of sp³-hybridized carbons (Fsp3) is 0.105. The zero-order valence-corrected chi connectivity index (χ0v) is 13.6. The molecule has 0 fully saturated rings. The van der Waals surface area contributed by atoms with E-state index in [2.05, 4.69) is 18.8 Å². The van der Waals surface area contributed by atoms with Gasteiger partial charge in [0.2, 0.25) is 0 Å². The summed E-state index contributed by atoms with van der Waals surface area (Å²) < 4.78 is 29.9. The Morgan fingerprint density at radius 1 is 1.09 bits per heavy atom. The van der Waals surface area contributed by atoms with Gasteiger partial charge in [0.25, 0.3) is 0 Å². The molecule has 0 aliphatic heterocycles. The van der Waals surface area contributed by atoms with Gasteiger partial charge >= 0.3 is 0 Å². The van der Waals surface area contributed by atoms with Gasteiger partial charge in [-0.1, -0.05) is 30.2 Å². The minimum Gasteiger partial charge on any atom is -0.481 e. The fourth-order valence-corrected chi connectivity index (χ4v) is 2.80. The minimum absolute atomic E-state index is 0.219. The van der Waals surface area contributed by atoms with Crippen LogP contribution in [0.3, 0.4) is 0 Å². The molecule has 3 nitrogen and oxygen atoms in total. The summed E-state index contributed by atoms with van der Waals surface area (Å²) in [5, 5.41) is 1.20. The van der Waals surface area contributed by atoms with E-state index in [4.69, 9.17) is 4.74 Å². The lowest BCUT2D eigenvalue weighted by Crippen LogP contribution is -1.97. The summed E-state index contributed by atoms with van der Waals surface area (Å²) in [5.41, 5.74) is 1.69. The van der Waals surface area contributed by atoms with Crippen molar-refractivity contribution in [1.29, 1.82) is 0 Å². The van der Waals surface area contributed by atoms with Crippen LogP contribution in [0.15, 0.2) is 58.8 Å². The van der Waals surface area contributed by atoms with Crippen molar-refractivity contribution in [3.05, 3.63) is 72.0 Å². The van der Waals surface area contributed by atoms with Crippen LogP contribution in [0.5, 0.6) is 5.75 Å². The number of ether oxygens (including phenoxy) is 1. The van der Waals surface area contributed by atoms with Gasteiger partial charge in [0.1, 0.15) is 12.4 Å². The van der Waals surface area contributed by atoms with Crippen LogP contribution in [0.25, 0.3) is 6.08 Å². The third-order valence-electron chi connectivity index (χ3n) is 3.06. The molecule has 0 unspecified atom stereocenters. The van der Waals surface area contributed by atoms with E-state index in [1.807, 2.05) is 24.3 Å². The molecular weight excluding hydrogens is 308 g/mol. The molecule has 0 N–H and O–H groups in total. The minimum atomic E-state index is -3.49. The molecule has 2 aromatic carbocycles. The van der Waals surface area contributed by atoms with E-state index >= 15 is 0 Å². The average Bonchev–Trinajstić information content (AvgIpc) is 2.55. The predicted octanol–water partition coefficient (Wildman–Crippen LogP) is 3.72. The molecule has 0 bridgehead atoms. The second-order valence-electron chi connectivity index (χ2n) is 4.78. The van der Waals surface area contributed by atoms with Gasteiger partial charge in [0.05, 0.1) is 4.90 Å². The van der Waals surface area contributed by atoms with Crippen LogP contribution in [0.2, 0.25) is 0 Å². The van der Waals surface area contributed by atoms with Gasteiger partial charge < -0.3 is 4.74 Å². The predicted molar refractivity (Wildman–Crippen MR) is 92.5 cm³/mol. The van der Waals surface area contributed by atoms with E-state index in [9.17, 15) is 8.42 Å². The monoisotopic (exact) mass is 325 g/mol. The number of rotatable bonds is 5. The maximum absolute atomic E-state index is 12.3. The Bertz CT molecular complexity index is 834. The van der Waals surface area contributed by atoms with Crippen molar-refractivity contribution in [2.24, 2.45) is 0 Å². The number of hydrogen-bond acceptors (Lipinski definition) is 3. The number of hydrogen-bond donors (Lipinski definition) is 0. The number of benzene rings is 2. The van der Waals surface area contributed by atoms with Crippen molar-refractivity contribution in [2.45, 2.75) is 11.8 Å². The first-order valence-corrected chi connectivity index (χ1v) is 8.53. The van der Waals surface area contributed by atoms with Gasteiger partial charge in [-0.05, 0) is 55.3 Å². The summed E-state index contributed by atoms with van der Waals surface area (Å²) in [4.78, 5) is 0.219. The van der Waals surface area contributed by atoms with Crippen LogP contribution in [0, 0.1) is 18.8 Å². The quantitative estimate of drug-likeness (QED) is 0.787. The molecule has 0 aliphatic rings. The molecule has 0 saturated carbocycles. The molecule has 0 aliphatic carbocycles. The van der Waals surface area contributed by atoms with E-state index < -0.39 is 9.84 Å². The van der Waals surface area contributed by atoms with Crippen LogP contribution < -0.4 is 4.74 Å². The SMILES string of the molecule is [CH2]c1ccc(C=CS(=O)(=O)c2ccc(OCC#CC)cc2)cc1. The van der Waals surface area contributed by atoms with Crippen LogP contribution >= 0.6 is 0 Å². The largest absolute Gasteiger partial charge is 0.481 e. The third-order valence-corrected chi connectivity index (χ3v) is 4.48. The molecule has 117 valence electrons. The summed E-state index contributed by atoms with van der Waals surface area (Å²) in [6.07, 6.45) is 1.57. The molecule has 23 heavy (non-hydrogen) atoms. The van der Waals surface area contributed by atoms with Gasteiger partial charge in [-0.25, -0.2) is 8.42 Å². The Hall–Kier alpha value is -2.51. The van der Waals surface area contributed by atoms with Gasteiger partial charge in [0, 0.05) is 5.41 Å². The van der Waals surface area contributed by atoms with Crippen LogP contribution in [0.4, 0.5) is 0 Å². The topological polar surface area (TPSA) is 43.4 Å². The van der Waals surface area contributed by atoms with Crippen molar-refractivity contribution >= 4 is 15.9 Å². The lowest BCUT2D eigenvalue weighted by atomic mass is 10.2. The highest BCUT2D eigenvalue weighted by molar-refractivity contribution is 7.94. The second-order valence-corrected chi connectivity index (χ2v) is 6.61. The Labute approximate surface area is 137 Å². The Kier molecular flexibility index (Phi) is 5.61. The zero-order chi connectivity index (χ0) is 16.7. The molecule has 0 spiro atoms. The molecule has 0 saturated heterocycles. The highest BCUT2D eigenvalue weighted by Gasteiger charge is 2.10. The third kappa shape index (κ3) is 5.01. The van der Waals surface area contributed by atoms with E-state index in [0.29, 0.717) is 5.75 Å². The first kappa shape index (κ1) is 16.9. The summed E-state index contributed by atoms with van der Waals surface area (Å²) in [7, 11) is -3.49. The normalized spacial score (nSPS) is 11.0. The van der Waals surface area contributed by atoms with Gasteiger partial charge in [-0.2, -0.15) is 0 Å². The molecular formula is C19H17O3S. The Balaban J connectivity index is 2.12. The highest BCUT2D eigenvalue weighted by Crippen LogP contribution is 2.18. The lowest BCUT2D eigenvalue weighted by Gasteiger charge is -2.03. The van der Waals surface area contributed by atoms with Crippen LogP contribution in [-0.4, -0.2) is 15.0 Å². The maximum atomic E-state index is 12.3. The summed E-state index contributed by atoms with van der Waals surface area (Å²) in [6.45, 7) is 5.81. The molecule has 0 heterocycles. The maximum Gasteiger partial charge on any atom is 0.199 e. The van der Waals surface area contributed by atoms with Crippen molar-refractivity contribution in [3.8, 4) is 17.6 Å². The van der Waals surface area contributed by atoms with E-state index in [0.717, 1.165) is 11.1 Å². The van der Waals surface area contributed by atoms with Crippen molar-refractivity contribution in [2.75, 3.05) is 6.61 Å². The standard InChI is InChI=1S/C19H17O3S/c1-3-4-14-22-18-9-11-19(12-10-18)23(20,21)15-13-17-7-5-16(2)6-8-17/h5-13,15H,2,14H2,1H3. The van der Waals surface area contributed by atoms with Gasteiger partial charge in [0.15, 0.2) is 9.84 Å². The summed E-state index contributed by atoms with van der Waals surface area (Å²) >= 11 is 0. The number of sulfone groups is 1. The molecule has 0 amide bonds. The average molecular weight is 325 g/mol. The first-order valence-electron chi connectivity index (χ1n) is 6.99. The Morgan fingerprint density at radius 3 is 2.35 bits per heavy atom. The molecule has 0 aromatic heterocycles. The first-order chi connectivity index (χ1) is 11.0. The second kappa shape index (κ2) is 7.66. The molecule has 1 radical (unpaired) electrons. The van der Waals surface area contributed by atoms with Crippen molar-refractivity contribution in [3.63, 3.8) is 0 Å².